The summed E-state index contributed by atoms with van der Waals surface area (Å²) >= 11 is 1.67. The molecule has 1 atom stereocenters. The molecular formula is C16H16N4OS. The number of carbonyl (C=O) groups is 1. The summed E-state index contributed by atoms with van der Waals surface area (Å²) in [6.07, 6.45) is 1.60. The maximum Gasteiger partial charge on any atom is 0.242 e. The van der Waals surface area contributed by atoms with Gasteiger partial charge in [0, 0.05) is 29.7 Å². The molecule has 0 N–H and O–H groups in total. The number of anilines is 1. The number of thiophene rings is 1. The average molecular weight is 312 g/mol. The van der Waals surface area contributed by atoms with Crippen LogP contribution in [-0.4, -0.2) is 47.0 Å². The Hall–Kier alpha value is -2.21. The first-order chi connectivity index (χ1) is 10.6. The van der Waals surface area contributed by atoms with Crippen molar-refractivity contribution in [2.45, 2.75) is 13.0 Å². The van der Waals surface area contributed by atoms with Gasteiger partial charge in [-0.3, -0.25) is 4.79 Å². The number of nitrogens with zero attached hydrogens (tertiary/aromatic N) is 4. The number of piperazine rings is 1. The lowest BCUT2D eigenvalue weighted by atomic mass is 10.1. The van der Waals surface area contributed by atoms with E-state index < -0.39 is 0 Å². The van der Waals surface area contributed by atoms with Crippen molar-refractivity contribution in [3.05, 3.63) is 30.6 Å². The van der Waals surface area contributed by atoms with Crippen molar-refractivity contribution < 1.29 is 4.79 Å². The standard InChI is InChI=1S/C16H16N4OS/c1-10-7-20(8-13(21)19(10)2)15-14-11-5-3-4-6-12(11)22-16(14)18-9-17-15/h3-6,9-10H,7-8H2,1-2H3. The van der Waals surface area contributed by atoms with E-state index in [1.54, 1.807) is 22.6 Å². The van der Waals surface area contributed by atoms with E-state index in [1.807, 2.05) is 19.2 Å². The number of rotatable bonds is 1. The number of aromatic nitrogens is 2. The van der Waals surface area contributed by atoms with Crippen LogP contribution in [0.5, 0.6) is 0 Å². The Balaban J connectivity index is 1.90. The highest BCUT2D eigenvalue weighted by Crippen LogP contribution is 2.37. The number of fused-ring (bicyclic) bond motifs is 3. The first kappa shape index (κ1) is 13.5. The Morgan fingerprint density at radius 1 is 1.27 bits per heavy atom. The molecule has 3 heterocycles. The van der Waals surface area contributed by atoms with Gasteiger partial charge in [-0.2, -0.15) is 0 Å². The molecule has 0 bridgehead atoms. The van der Waals surface area contributed by atoms with E-state index in [1.165, 1.54) is 4.70 Å². The van der Waals surface area contributed by atoms with Gasteiger partial charge in [-0.05, 0) is 13.0 Å². The number of amides is 1. The molecule has 22 heavy (non-hydrogen) atoms. The van der Waals surface area contributed by atoms with E-state index in [4.69, 9.17) is 0 Å². The van der Waals surface area contributed by atoms with E-state index in [9.17, 15) is 4.79 Å². The third kappa shape index (κ3) is 1.94. The molecule has 1 fully saturated rings. The van der Waals surface area contributed by atoms with Crippen LogP contribution in [-0.2, 0) is 4.79 Å². The molecule has 0 radical (unpaired) electrons. The van der Waals surface area contributed by atoms with Crippen LogP contribution in [0, 0.1) is 0 Å². The van der Waals surface area contributed by atoms with Crippen LogP contribution in [0.3, 0.4) is 0 Å². The monoisotopic (exact) mass is 312 g/mol. The van der Waals surface area contributed by atoms with Gasteiger partial charge < -0.3 is 9.80 Å². The summed E-state index contributed by atoms with van der Waals surface area (Å²) in [7, 11) is 1.86. The second-order valence-electron chi connectivity index (χ2n) is 5.71. The molecule has 6 heteroatoms. The fraction of sp³-hybridized carbons (Fsp3) is 0.312. The third-order valence-electron chi connectivity index (χ3n) is 4.32. The minimum Gasteiger partial charge on any atom is -0.345 e. The Bertz CT molecular complexity index is 875. The topological polar surface area (TPSA) is 49.3 Å². The normalized spacial score (nSPS) is 19.4. The Morgan fingerprint density at radius 3 is 2.91 bits per heavy atom. The van der Waals surface area contributed by atoms with Gasteiger partial charge in [-0.1, -0.05) is 18.2 Å². The van der Waals surface area contributed by atoms with Crippen LogP contribution in [0.2, 0.25) is 0 Å². The molecule has 1 unspecified atom stereocenters. The Kier molecular flexibility index (Phi) is 3.00. The molecule has 3 aromatic rings. The molecule has 5 nitrogen and oxygen atoms in total. The predicted molar refractivity (Wildman–Crippen MR) is 89.4 cm³/mol. The van der Waals surface area contributed by atoms with Crippen molar-refractivity contribution >= 4 is 43.4 Å². The maximum atomic E-state index is 12.2. The number of likely N-dealkylation sites (N-methyl/N-ethyl adjacent to an activating group) is 1. The Labute approximate surface area is 132 Å². The number of benzene rings is 1. The van der Waals surface area contributed by atoms with Crippen molar-refractivity contribution in [3.63, 3.8) is 0 Å². The zero-order valence-electron chi connectivity index (χ0n) is 12.5. The number of hydrogen-bond donors (Lipinski definition) is 0. The van der Waals surface area contributed by atoms with Crippen molar-refractivity contribution in [2.24, 2.45) is 0 Å². The molecule has 2 aromatic heterocycles. The lowest BCUT2D eigenvalue weighted by Gasteiger charge is -2.38. The van der Waals surface area contributed by atoms with Gasteiger partial charge in [0.25, 0.3) is 0 Å². The second-order valence-corrected chi connectivity index (χ2v) is 6.74. The maximum absolute atomic E-state index is 12.2. The van der Waals surface area contributed by atoms with Gasteiger partial charge in [-0.15, -0.1) is 11.3 Å². The summed E-state index contributed by atoms with van der Waals surface area (Å²) in [6.45, 7) is 3.23. The zero-order valence-corrected chi connectivity index (χ0v) is 13.3. The molecule has 1 aliphatic heterocycles. The van der Waals surface area contributed by atoms with Gasteiger partial charge in [0.05, 0.1) is 11.9 Å². The van der Waals surface area contributed by atoms with Crippen LogP contribution in [0.15, 0.2) is 30.6 Å². The van der Waals surface area contributed by atoms with Crippen LogP contribution >= 0.6 is 11.3 Å². The van der Waals surface area contributed by atoms with E-state index in [2.05, 4.69) is 33.9 Å². The fourth-order valence-corrected chi connectivity index (χ4v) is 4.01. The third-order valence-corrected chi connectivity index (χ3v) is 5.40. The molecular weight excluding hydrogens is 296 g/mol. The van der Waals surface area contributed by atoms with Crippen molar-refractivity contribution in [1.29, 1.82) is 0 Å². The molecule has 0 saturated carbocycles. The molecule has 1 saturated heterocycles. The highest BCUT2D eigenvalue weighted by atomic mass is 32.1. The molecule has 1 aromatic carbocycles. The Morgan fingerprint density at radius 2 is 2.09 bits per heavy atom. The van der Waals surface area contributed by atoms with Crippen LogP contribution in [0.25, 0.3) is 20.3 Å². The molecule has 4 rings (SSSR count). The van der Waals surface area contributed by atoms with E-state index in [0.717, 1.165) is 28.0 Å². The van der Waals surface area contributed by atoms with Crippen molar-refractivity contribution in [3.8, 4) is 0 Å². The summed E-state index contributed by atoms with van der Waals surface area (Å²) < 4.78 is 1.20. The summed E-state index contributed by atoms with van der Waals surface area (Å²) in [6, 6.07) is 8.44. The average Bonchev–Trinajstić information content (AvgIpc) is 2.90. The smallest absolute Gasteiger partial charge is 0.242 e. The van der Waals surface area contributed by atoms with E-state index >= 15 is 0 Å². The highest BCUT2D eigenvalue weighted by Gasteiger charge is 2.29. The van der Waals surface area contributed by atoms with Gasteiger partial charge in [-0.25, -0.2) is 9.97 Å². The molecule has 112 valence electrons. The summed E-state index contributed by atoms with van der Waals surface area (Å²) in [5, 5.41) is 2.23. The highest BCUT2D eigenvalue weighted by molar-refractivity contribution is 7.25. The minimum atomic E-state index is 0.130. The number of hydrogen-bond acceptors (Lipinski definition) is 5. The van der Waals surface area contributed by atoms with Gasteiger partial charge in [0.2, 0.25) is 5.91 Å². The van der Waals surface area contributed by atoms with Crippen LogP contribution < -0.4 is 4.90 Å². The summed E-state index contributed by atoms with van der Waals surface area (Å²) in [5.41, 5.74) is 0. The van der Waals surface area contributed by atoms with Gasteiger partial charge in [0.1, 0.15) is 17.0 Å². The molecule has 1 aliphatic rings. The van der Waals surface area contributed by atoms with Crippen LogP contribution in [0.4, 0.5) is 5.82 Å². The fourth-order valence-electron chi connectivity index (χ4n) is 2.97. The molecule has 0 aliphatic carbocycles. The lowest BCUT2D eigenvalue weighted by molar-refractivity contribution is -0.131. The van der Waals surface area contributed by atoms with Crippen molar-refractivity contribution in [2.75, 3.05) is 25.0 Å². The van der Waals surface area contributed by atoms with Gasteiger partial charge in [0.15, 0.2) is 0 Å². The second kappa shape index (κ2) is 4.91. The molecule has 0 spiro atoms. The summed E-state index contributed by atoms with van der Waals surface area (Å²) in [5.74, 6) is 1.00. The van der Waals surface area contributed by atoms with E-state index in [-0.39, 0.29) is 11.9 Å². The molecule has 1 amide bonds. The van der Waals surface area contributed by atoms with Crippen molar-refractivity contribution in [1.82, 2.24) is 14.9 Å². The van der Waals surface area contributed by atoms with E-state index in [0.29, 0.717) is 6.54 Å². The first-order valence-electron chi connectivity index (χ1n) is 7.28. The quantitative estimate of drug-likeness (QED) is 0.693. The van der Waals surface area contributed by atoms with Gasteiger partial charge >= 0.3 is 0 Å². The summed E-state index contributed by atoms with van der Waals surface area (Å²) in [4.78, 5) is 25.9. The SMILES string of the molecule is CC1CN(c2ncnc3sc4ccccc4c23)CC(=O)N1C. The minimum absolute atomic E-state index is 0.130. The predicted octanol–water partition coefficient (Wildman–Crippen LogP) is 2.51. The first-order valence-corrected chi connectivity index (χ1v) is 8.09. The largest absolute Gasteiger partial charge is 0.345 e. The lowest BCUT2D eigenvalue weighted by Crippen LogP contribution is -2.54. The number of carbonyl (C=O) groups excluding carboxylic acids is 1. The van der Waals surface area contributed by atoms with Crippen LogP contribution in [0.1, 0.15) is 6.92 Å². The zero-order chi connectivity index (χ0) is 15.3.